The Labute approximate surface area is 121 Å². The summed E-state index contributed by atoms with van der Waals surface area (Å²) in [4.78, 5) is 12.0. The van der Waals surface area contributed by atoms with E-state index in [9.17, 15) is 4.79 Å². The largest absolute Gasteiger partial charge is 0.398 e. The normalized spacial score (nSPS) is 10.3. The van der Waals surface area contributed by atoms with E-state index in [4.69, 9.17) is 28.9 Å². The molecule has 0 spiro atoms. The number of nitrogens with one attached hydrogen (secondary N) is 1. The van der Waals surface area contributed by atoms with Gasteiger partial charge in [-0.15, -0.1) is 0 Å². The van der Waals surface area contributed by atoms with Crippen molar-refractivity contribution in [3.63, 3.8) is 0 Å². The molecule has 0 aliphatic rings. The SMILES string of the molecule is Cc1ccc(NC(=O)c2ccc(Cl)c(N)c2)c(Cl)c1. The summed E-state index contributed by atoms with van der Waals surface area (Å²) in [5.74, 6) is -0.283. The van der Waals surface area contributed by atoms with Crippen LogP contribution in [0.4, 0.5) is 11.4 Å². The summed E-state index contributed by atoms with van der Waals surface area (Å²) in [6, 6.07) is 10.1. The van der Waals surface area contributed by atoms with Crippen molar-refractivity contribution in [3.8, 4) is 0 Å². The Balaban J connectivity index is 2.23. The molecular weight excluding hydrogens is 283 g/mol. The Morgan fingerprint density at radius 1 is 1.11 bits per heavy atom. The molecule has 0 aliphatic carbocycles. The van der Waals surface area contributed by atoms with Gasteiger partial charge in [0.25, 0.3) is 5.91 Å². The Morgan fingerprint density at radius 3 is 2.47 bits per heavy atom. The number of aryl methyl sites for hydroxylation is 1. The molecule has 0 bridgehead atoms. The standard InChI is InChI=1S/C14H12Cl2N2O/c1-8-2-5-13(11(16)6-8)18-14(19)9-3-4-10(15)12(17)7-9/h2-7H,17H2,1H3,(H,18,19). The van der Waals surface area contributed by atoms with Crippen molar-refractivity contribution in [2.45, 2.75) is 6.92 Å². The summed E-state index contributed by atoms with van der Waals surface area (Å²) in [5.41, 5.74) is 8.05. The van der Waals surface area contributed by atoms with Crippen molar-refractivity contribution >= 4 is 40.5 Å². The molecule has 0 unspecified atom stereocenters. The first kappa shape index (κ1) is 13.7. The Hall–Kier alpha value is -1.71. The maximum Gasteiger partial charge on any atom is 0.255 e. The van der Waals surface area contributed by atoms with Crippen molar-refractivity contribution in [2.24, 2.45) is 0 Å². The molecule has 0 atom stereocenters. The number of carbonyl (C=O) groups is 1. The van der Waals surface area contributed by atoms with Gasteiger partial charge < -0.3 is 11.1 Å². The average Bonchev–Trinajstić information content (AvgIpc) is 2.36. The van der Waals surface area contributed by atoms with E-state index in [1.807, 2.05) is 13.0 Å². The first-order valence-electron chi connectivity index (χ1n) is 5.60. The van der Waals surface area contributed by atoms with Crippen molar-refractivity contribution in [3.05, 3.63) is 57.6 Å². The fourth-order valence-corrected chi connectivity index (χ4v) is 2.00. The maximum atomic E-state index is 12.0. The zero-order valence-corrected chi connectivity index (χ0v) is 11.7. The van der Waals surface area contributed by atoms with Crippen LogP contribution in [0.5, 0.6) is 0 Å². The lowest BCUT2D eigenvalue weighted by atomic mass is 10.1. The number of nitrogen functional groups attached to an aromatic ring is 1. The molecular formula is C14H12Cl2N2O. The first-order valence-corrected chi connectivity index (χ1v) is 6.35. The van der Waals surface area contributed by atoms with Gasteiger partial charge in [0.1, 0.15) is 0 Å². The summed E-state index contributed by atoms with van der Waals surface area (Å²) >= 11 is 11.9. The van der Waals surface area contributed by atoms with Crippen molar-refractivity contribution in [2.75, 3.05) is 11.1 Å². The molecule has 3 nitrogen and oxygen atoms in total. The molecule has 0 aromatic heterocycles. The van der Waals surface area contributed by atoms with Crippen LogP contribution in [-0.4, -0.2) is 5.91 Å². The third-order valence-corrected chi connectivity index (χ3v) is 3.29. The minimum Gasteiger partial charge on any atom is -0.398 e. The molecule has 0 fully saturated rings. The van der Waals surface area contributed by atoms with E-state index >= 15 is 0 Å². The number of rotatable bonds is 2. The lowest BCUT2D eigenvalue weighted by molar-refractivity contribution is 0.102. The van der Waals surface area contributed by atoms with Crippen LogP contribution in [0.3, 0.4) is 0 Å². The van der Waals surface area contributed by atoms with Gasteiger partial charge in [0.15, 0.2) is 0 Å². The number of carbonyl (C=O) groups excluding carboxylic acids is 1. The summed E-state index contributed by atoms with van der Waals surface area (Å²) in [5, 5.41) is 3.65. The number of hydrogen-bond donors (Lipinski definition) is 2. The van der Waals surface area contributed by atoms with Gasteiger partial charge in [-0.25, -0.2) is 0 Å². The van der Waals surface area contributed by atoms with E-state index in [1.54, 1.807) is 24.3 Å². The van der Waals surface area contributed by atoms with E-state index in [0.717, 1.165) is 5.56 Å². The highest BCUT2D eigenvalue weighted by Crippen LogP contribution is 2.24. The summed E-state index contributed by atoms with van der Waals surface area (Å²) in [7, 11) is 0. The molecule has 3 N–H and O–H groups in total. The van der Waals surface area contributed by atoms with Gasteiger partial charge in [-0.2, -0.15) is 0 Å². The molecule has 98 valence electrons. The molecule has 2 aromatic carbocycles. The van der Waals surface area contributed by atoms with Gasteiger partial charge in [-0.1, -0.05) is 29.3 Å². The van der Waals surface area contributed by atoms with Crippen LogP contribution in [0, 0.1) is 6.92 Å². The molecule has 0 heterocycles. The Kier molecular flexibility index (Phi) is 3.98. The van der Waals surface area contributed by atoms with Crippen LogP contribution >= 0.6 is 23.2 Å². The zero-order chi connectivity index (χ0) is 14.0. The second kappa shape index (κ2) is 5.51. The molecule has 0 aliphatic heterocycles. The minimum atomic E-state index is -0.283. The first-order chi connectivity index (χ1) is 8.97. The summed E-state index contributed by atoms with van der Waals surface area (Å²) < 4.78 is 0. The quantitative estimate of drug-likeness (QED) is 0.818. The second-order valence-electron chi connectivity index (χ2n) is 4.17. The molecule has 2 aromatic rings. The molecule has 5 heteroatoms. The highest BCUT2D eigenvalue weighted by molar-refractivity contribution is 6.34. The lowest BCUT2D eigenvalue weighted by Gasteiger charge is -2.08. The van der Waals surface area contributed by atoms with Crippen LogP contribution in [-0.2, 0) is 0 Å². The maximum absolute atomic E-state index is 12.0. The number of hydrogen-bond acceptors (Lipinski definition) is 2. The smallest absolute Gasteiger partial charge is 0.255 e. The fourth-order valence-electron chi connectivity index (χ4n) is 1.60. The van der Waals surface area contributed by atoms with Crippen molar-refractivity contribution in [1.29, 1.82) is 0 Å². The number of anilines is 2. The number of amides is 1. The molecule has 0 saturated carbocycles. The molecule has 0 saturated heterocycles. The van der Waals surface area contributed by atoms with Gasteiger partial charge in [-0.05, 0) is 42.8 Å². The third kappa shape index (κ3) is 3.19. The van der Waals surface area contributed by atoms with E-state index in [2.05, 4.69) is 5.32 Å². The molecule has 0 radical (unpaired) electrons. The number of nitrogens with two attached hydrogens (primary N) is 1. The molecule has 19 heavy (non-hydrogen) atoms. The highest BCUT2D eigenvalue weighted by Gasteiger charge is 2.10. The molecule has 1 amide bonds. The van der Waals surface area contributed by atoms with Crippen LogP contribution in [0.1, 0.15) is 15.9 Å². The van der Waals surface area contributed by atoms with Gasteiger partial charge >= 0.3 is 0 Å². The third-order valence-electron chi connectivity index (χ3n) is 2.63. The van der Waals surface area contributed by atoms with Crippen molar-refractivity contribution < 1.29 is 4.79 Å². The van der Waals surface area contributed by atoms with Gasteiger partial charge in [0, 0.05) is 5.56 Å². The van der Waals surface area contributed by atoms with E-state index < -0.39 is 0 Å². The second-order valence-corrected chi connectivity index (χ2v) is 4.99. The van der Waals surface area contributed by atoms with E-state index in [-0.39, 0.29) is 5.91 Å². The van der Waals surface area contributed by atoms with E-state index in [0.29, 0.717) is 27.0 Å². The van der Waals surface area contributed by atoms with Crippen LogP contribution in [0.2, 0.25) is 10.0 Å². The Morgan fingerprint density at radius 2 is 1.84 bits per heavy atom. The summed E-state index contributed by atoms with van der Waals surface area (Å²) in [6.07, 6.45) is 0. The minimum absolute atomic E-state index is 0.283. The van der Waals surface area contributed by atoms with E-state index in [1.165, 1.54) is 6.07 Å². The number of benzene rings is 2. The lowest BCUT2D eigenvalue weighted by Crippen LogP contribution is -2.12. The highest BCUT2D eigenvalue weighted by atomic mass is 35.5. The monoisotopic (exact) mass is 294 g/mol. The molecule has 2 rings (SSSR count). The predicted molar refractivity (Wildman–Crippen MR) is 80.0 cm³/mol. The fraction of sp³-hybridized carbons (Fsp3) is 0.0714. The predicted octanol–water partition coefficient (Wildman–Crippen LogP) is 4.14. The van der Waals surface area contributed by atoms with Crippen LogP contribution in [0.15, 0.2) is 36.4 Å². The van der Waals surface area contributed by atoms with Gasteiger partial charge in [0.2, 0.25) is 0 Å². The van der Waals surface area contributed by atoms with Crippen molar-refractivity contribution in [1.82, 2.24) is 0 Å². The van der Waals surface area contributed by atoms with Gasteiger partial charge in [0.05, 0.1) is 21.4 Å². The topological polar surface area (TPSA) is 55.1 Å². The zero-order valence-electron chi connectivity index (χ0n) is 10.2. The van der Waals surface area contributed by atoms with Crippen LogP contribution < -0.4 is 11.1 Å². The van der Waals surface area contributed by atoms with Gasteiger partial charge in [-0.3, -0.25) is 4.79 Å². The Bertz CT molecular complexity index is 641. The van der Waals surface area contributed by atoms with Crippen LogP contribution in [0.25, 0.3) is 0 Å². The summed E-state index contributed by atoms with van der Waals surface area (Å²) in [6.45, 7) is 1.93. The average molecular weight is 295 g/mol. The number of halogens is 2.